The average molecular weight is 412 g/mol. The normalized spacial score (nSPS) is 13.9. The van der Waals surface area contributed by atoms with E-state index in [0.717, 1.165) is 0 Å². The molecule has 0 saturated carbocycles. The number of rotatable bonds is 23. The summed E-state index contributed by atoms with van der Waals surface area (Å²) >= 11 is 0. The molecule has 0 fully saturated rings. The van der Waals surface area contributed by atoms with E-state index in [0.29, 0.717) is 0 Å². The van der Waals surface area contributed by atoms with Crippen LogP contribution in [0.4, 0.5) is 0 Å². The maximum atomic E-state index is 2.79. The predicted octanol–water partition coefficient (Wildman–Crippen LogP) is 8.06. The van der Waals surface area contributed by atoms with Crippen LogP contribution in [0.1, 0.15) is 130 Å². The molecule has 1 unspecified atom stereocenters. The van der Waals surface area contributed by atoms with Crippen LogP contribution in [0.5, 0.6) is 0 Å². The summed E-state index contributed by atoms with van der Waals surface area (Å²) in [5.41, 5.74) is 0. The Morgan fingerprint density at radius 3 is 1.24 bits per heavy atom. The lowest BCUT2D eigenvalue weighted by Crippen LogP contribution is -2.46. The summed E-state index contributed by atoms with van der Waals surface area (Å²) in [6, 6.07) is 0. The average Bonchev–Trinajstić information content (AvgIpc) is 2.72. The van der Waals surface area contributed by atoms with Gasteiger partial charge in [-0.1, -0.05) is 79.1 Å². The molecule has 0 rings (SSSR count). The van der Waals surface area contributed by atoms with Gasteiger partial charge in [0.05, 0.1) is 26.7 Å². The summed E-state index contributed by atoms with van der Waals surface area (Å²) < 4.78 is 1.33. The monoisotopic (exact) mass is 411 g/mol. The van der Waals surface area contributed by atoms with E-state index in [1.165, 1.54) is 146 Å². The molecule has 0 aliphatic carbocycles. The molecule has 2 nitrogen and oxygen atoms in total. The summed E-state index contributed by atoms with van der Waals surface area (Å²) in [5, 5.41) is 0. The molecule has 0 bridgehead atoms. The van der Waals surface area contributed by atoms with Crippen LogP contribution in [0.15, 0.2) is 0 Å². The summed E-state index contributed by atoms with van der Waals surface area (Å²) in [7, 11) is 2.55. The Morgan fingerprint density at radius 2 is 0.724 bits per heavy atom. The van der Waals surface area contributed by atoms with Gasteiger partial charge >= 0.3 is 0 Å². The Hall–Kier alpha value is -0.0800. The topological polar surface area (TPSA) is 3.24 Å². The van der Waals surface area contributed by atoms with Gasteiger partial charge in [0.25, 0.3) is 0 Å². The quantitative estimate of drug-likeness (QED) is 0.121. The smallest absolute Gasteiger partial charge is 0.0785 e. The van der Waals surface area contributed by atoms with Crippen LogP contribution in [0.25, 0.3) is 0 Å². The maximum Gasteiger partial charge on any atom is 0.0785 e. The second-order valence-corrected chi connectivity index (χ2v) is 9.87. The summed E-state index contributed by atoms with van der Waals surface area (Å²) in [4.78, 5) is 2.79. The number of hydrogen-bond donors (Lipinski definition) is 0. The highest BCUT2D eigenvalue weighted by molar-refractivity contribution is 4.60. The summed E-state index contributed by atoms with van der Waals surface area (Å²) in [5.74, 6) is 0. The first-order valence-corrected chi connectivity index (χ1v) is 13.7. The van der Waals surface area contributed by atoms with E-state index < -0.39 is 0 Å². The second-order valence-electron chi connectivity index (χ2n) is 9.87. The second kappa shape index (κ2) is 21.2. The minimum absolute atomic E-state index is 1.33. The molecule has 0 aliphatic heterocycles. The SMILES string of the molecule is CCCCCCN(CCCCC)CCCC[N+](C)(CCCCC)CCCCCC. The van der Waals surface area contributed by atoms with Crippen molar-refractivity contribution < 1.29 is 4.48 Å². The van der Waals surface area contributed by atoms with Crippen LogP contribution in [0.2, 0.25) is 0 Å². The van der Waals surface area contributed by atoms with Crippen LogP contribution in [-0.4, -0.2) is 55.7 Å². The minimum Gasteiger partial charge on any atom is -0.326 e. The van der Waals surface area contributed by atoms with Gasteiger partial charge in [-0.3, -0.25) is 0 Å². The first kappa shape index (κ1) is 28.9. The van der Waals surface area contributed by atoms with Gasteiger partial charge in [-0.15, -0.1) is 0 Å². The van der Waals surface area contributed by atoms with Crippen molar-refractivity contribution in [2.24, 2.45) is 0 Å². The van der Waals surface area contributed by atoms with Gasteiger partial charge in [0.1, 0.15) is 0 Å². The van der Waals surface area contributed by atoms with E-state index in [1.54, 1.807) is 0 Å². The molecule has 0 amide bonds. The van der Waals surface area contributed by atoms with Crippen LogP contribution in [-0.2, 0) is 0 Å². The molecule has 0 radical (unpaired) electrons. The lowest BCUT2D eigenvalue weighted by molar-refractivity contribution is -0.910. The zero-order chi connectivity index (χ0) is 21.6. The molecular formula is C27H59N2+. The molecule has 0 aromatic carbocycles. The largest absolute Gasteiger partial charge is 0.326 e. The first-order valence-electron chi connectivity index (χ1n) is 13.7. The molecule has 0 saturated heterocycles. The lowest BCUT2D eigenvalue weighted by Gasteiger charge is -2.35. The van der Waals surface area contributed by atoms with E-state index in [-0.39, 0.29) is 0 Å². The van der Waals surface area contributed by atoms with Gasteiger partial charge in [-0.2, -0.15) is 0 Å². The molecule has 0 N–H and O–H groups in total. The number of quaternary nitrogens is 1. The van der Waals surface area contributed by atoms with Gasteiger partial charge in [0.15, 0.2) is 0 Å². The highest BCUT2D eigenvalue weighted by Gasteiger charge is 2.20. The van der Waals surface area contributed by atoms with Crippen molar-refractivity contribution in [3.63, 3.8) is 0 Å². The van der Waals surface area contributed by atoms with E-state index in [4.69, 9.17) is 0 Å². The Morgan fingerprint density at radius 1 is 0.414 bits per heavy atom. The summed E-state index contributed by atoms with van der Waals surface area (Å²) in [6.45, 7) is 17.5. The van der Waals surface area contributed by atoms with Crippen molar-refractivity contribution >= 4 is 0 Å². The van der Waals surface area contributed by atoms with E-state index >= 15 is 0 Å². The molecule has 176 valence electrons. The Kier molecular flexibility index (Phi) is 21.1. The molecule has 29 heavy (non-hydrogen) atoms. The third-order valence-electron chi connectivity index (χ3n) is 6.68. The van der Waals surface area contributed by atoms with Gasteiger partial charge in [0, 0.05) is 0 Å². The van der Waals surface area contributed by atoms with E-state index in [2.05, 4.69) is 39.6 Å². The number of nitrogens with zero attached hydrogens (tertiary/aromatic N) is 2. The minimum atomic E-state index is 1.33. The zero-order valence-electron chi connectivity index (χ0n) is 21.5. The van der Waals surface area contributed by atoms with Gasteiger partial charge in [0.2, 0.25) is 0 Å². The van der Waals surface area contributed by atoms with Crippen molar-refractivity contribution in [2.45, 2.75) is 130 Å². The number of unbranched alkanes of at least 4 members (excludes halogenated alkanes) is 11. The van der Waals surface area contributed by atoms with Crippen LogP contribution in [0, 0.1) is 0 Å². The Labute approximate surface area is 186 Å². The van der Waals surface area contributed by atoms with E-state index in [9.17, 15) is 0 Å². The zero-order valence-corrected chi connectivity index (χ0v) is 21.5. The standard InChI is InChI=1S/C27H59N2/c1-6-10-14-17-23-28(22-16-12-8-3)24-18-21-27-29(5,25-19-13-9-4)26-20-15-11-7-2/h6-27H2,1-5H3/q+1. The highest BCUT2D eigenvalue weighted by atomic mass is 15.3. The van der Waals surface area contributed by atoms with Crippen molar-refractivity contribution in [1.82, 2.24) is 4.90 Å². The molecule has 1 atom stereocenters. The lowest BCUT2D eigenvalue weighted by atomic mass is 10.1. The predicted molar refractivity (Wildman–Crippen MR) is 134 cm³/mol. The highest BCUT2D eigenvalue weighted by Crippen LogP contribution is 2.14. The molecule has 0 spiro atoms. The van der Waals surface area contributed by atoms with Crippen LogP contribution < -0.4 is 0 Å². The molecule has 2 heteroatoms. The fourth-order valence-electron chi connectivity index (χ4n) is 4.51. The first-order chi connectivity index (χ1) is 14.1. The maximum absolute atomic E-state index is 2.79. The number of hydrogen-bond acceptors (Lipinski definition) is 1. The Balaban J connectivity index is 4.31. The van der Waals surface area contributed by atoms with Crippen molar-refractivity contribution in [3.8, 4) is 0 Å². The van der Waals surface area contributed by atoms with Crippen molar-refractivity contribution in [2.75, 3.05) is 46.3 Å². The molecular weight excluding hydrogens is 352 g/mol. The molecule has 0 aromatic heterocycles. The third kappa shape index (κ3) is 18.4. The molecule has 0 aliphatic rings. The van der Waals surface area contributed by atoms with Gasteiger partial charge < -0.3 is 9.38 Å². The third-order valence-corrected chi connectivity index (χ3v) is 6.68. The van der Waals surface area contributed by atoms with Gasteiger partial charge in [-0.05, 0) is 71.0 Å². The van der Waals surface area contributed by atoms with E-state index in [1.807, 2.05) is 0 Å². The van der Waals surface area contributed by atoms with Gasteiger partial charge in [-0.25, -0.2) is 0 Å². The fourth-order valence-corrected chi connectivity index (χ4v) is 4.51. The Bertz CT molecular complexity index is 318. The molecule has 0 aromatic rings. The molecule has 0 heterocycles. The summed E-state index contributed by atoms with van der Waals surface area (Å²) in [6.07, 6.45) is 22.3. The van der Waals surface area contributed by atoms with Crippen LogP contribution >= 0.6 is 0 Å². The fraction of sp³-hybridized carbons (Fsp3) is 1.00. The van der Waals surface area contributed by atoms with Crippen molar-refractivity contribution in [1.29, 1.82) is 0 Å². The van der Waals surface area contributed by atoms with Crippen molar-refractivity contribution in [3.05, 3.63) is 0 Å². The van der Waals surface area contributed by atoms with Crippen LogP contribution in [0.3, 0.4) is 0 Å².